The third kappa shape index (κ3) is 5.55. The molecule has 2 aromatic rings. The lowest BCUT2D eigenvalue weighted by Gasteiger charge is -2.29. The van der Waals surface area contributed by atoms with Gasteiger partial charge in [-0.05, 0) is 56.2 Å². The van der Waals surface area contributed by atoms with E-state index in [0.29, 0.717) is 29.4 Å². The minimum atomic E-state index is 0.132. The topological polar surface area (TPSA) is 55.1 Å². The third-order valence-electron chi connectivity index (χ3n) is 5.16. The summed E-state index contributed by atoms with van der Waals surface area (Å²) in [6.07, 6.45) is 6.90. The number of oxazole rings is 1. The minimum Gasteiger partial charge on any atom is -0.441 e. The first kappa shape index (κ1) is 20.3. The van der Waals surface area contributed by atoms with E-state index in [1.165, 1.54) is 24.2 Å². The normalized spacial score (nSPS) is 19.8. The highest BCUT2D eigenvalue weighted by molar-refractivity contribution is 7.99. The molecule has 0 unspecified atom stereocenters. The van der Waals surface area contributed by atoms with Gasteiger partial charge < -0.3 is 9.73 Å². The summed E-state index contributed by atoms with van der Waals surface area (Å²) in [5.74, 6) is 3.35. The van der Waals surface area contributed by atoms with Gasteiger partial charge >= 0.3 is 0 Å². The van der Waals surface area contributed by atoms with Crippen LogP contribution < -0.4 is 5.32 Å². The Balaban J connectivity index is 1.50. The molecule has 0 radical (unpaired) electrons. The number of hydrogen-bond donors (Lipinski definition) is 1. The van der Waals surface area contributed by atoms with E-state index in [9.17, 15) is 4.79 Å². The summed E-state index contributed by atoms with van der Waals surface area (Å²) in [7, 11) is 0. The van der Waals surface area contributed by atoms with Crippen molar-refractivity contribution < 1.29 is 9.21 Å². The van der Waals surface area contributed by atoms with Gasteiger partial charge in [0.05, 0.1) is 11.4 Å². The van der Waals surface area contributed by atoms with Crippen LogP contribution in [-0.2, 0) is 10.5 Å². The predicted octanol–water partition coefficient (Wildman–Crippen LogP) is 5.30. The lowest BCUT2D eigenvalue weighted by Crippen LogP contribution is -2.41. The van der Waals surface area contributed by atoms with Crippen molar-refractivity contribution in [3.8, 4) is 11.5 Å². The van der Waals surface area contributed by atoms with E-state index < -0.39 is 0 Å². The molecule has 1 aromatic heterocycles. The average molecular weight is 405 g/mol. The summed E-state index contributed by atoms with van der Waals surface area (Å²) in [6.45, 7) is 4.18. The molecule has 1 heterocycles. The molecule has 2 atom stereocenters. The summed E-state index contributed by atoms with van der Waals surface area (Å²) in [4.78, 5) is 18.1. The molecule has 1 fully saturated rings. The van der Waals surface area contributed by atoms with Gasteiger partial charge in [-0.25, -0.2) is 4.98 Å². The van der Waals surface area contributed by atoms with E-state index in [1.54, 1.807) is 23.5 Å². The van der Waals surface area contributed by atoms with Crippen LogP contribution >= 0.6 is 23.5 Å². The van der Waals surface area contributed by atoms with E-state index in [4.69, 9.17) is 4.42 Å². The Bertz CT molecular complexity index is 758. The second kappa shape index (κ2) is 9.69. The third-order valence-corrected chi connectivity index (χ3v) is 6.85. The molecule has 6 heteroatoms. The fourth-order valence-electron chi connectivity index (χ4n) is 3.44. The number of thioether (sulfide) groups is 2. The first-order valence-corrected chi connectivity index (χ1v) is 11.9. The smallest absolute Gasteiger partial charge is 0.230 e. The van der Waals surface area contributed by atoms with Crippen LogP contribution in [0.25, 0.3) is 11.5 Å². The standard InChI is InChI=1S/C21H28N2O2S2/c1-14-6-4-5-7-18(14)22-20(24)13-27-12-19-15(2)25-21(23-19)16-8-10-17(26-3)11-9-16/h8-11,14,18H,4-7,12-13H2,1-3H3,(H,22,24)/t14-,18-/m0/s1. The van der Waals surface area contributed by atoms with Crippen LogP contribution in [0.2, 0.25) is 0 Å². The maximum absolute atomic E-state index is 12.2. The quantitative estimate of drug-likeness (QED) is 0.635. The van der Waals surface area contributed by atoms with Crippen molar-refractivity contribution >= 4 is 29.4 Å². The minimum absolute atomic E-state index is 0.132. The molecule has 0 saturated heterocycles. The first-order valence-electron chi connectivity index (χ1n) is 9.54. The number of carbonyl (C=O) groups excluding carboxylic acids is 1. The Morgan fingerprint density at radius 3 is 2.70 bits per heavy atom. The van der Waals surface area contributed by atoms with Crippen molar-refractivity contribution in [2.75, 3.05) is 12.0 Å². The van der Waals surface area contributed by atoms with Crippen LogP contribution in [0.5, 0.6) is 0 Å². The maximum Gasteiger partial charge on any atom is 0.230 e. The SMILES string of the molecule is CSc1ccc(-c2nc(CSCC(=O)N[C@H]3CCCC[C@@H]3C)c(C)o2)cc1. The van der Waals surface area contributed by atoms with Crippen LogP contribution in [0.15, 0.2) is 33.6 Å². The molecule has 146 valence electrons. The van der Waals surface area contributed by atoms with Crippen molar-refractivity contribution in [3.63, 3.8) is 0 Å². The maximum atomic E-state index is 12.2. The molecule has 27 heavy (non-hydrogen) atoms. The number of aryl methyl sites for hydroxylation is 1. The molecule has 1 N–H and O–H groups in total. The fourth-order valence-corrected chi connectivity index (χ4v) is 4.68. The van der Waals surface area contributed by atoms with Crippen LogP contribution in [-0.4, -0.2) is 28.9 Å². The second-order valence-corrected chi connectivity index (χ2v) is 9.04. The molecular weight excluding hydrogens is 376 g/mol. The van der Waals surface area contributed by atoms with Gasteiger partial charge in [0.1, 0.15) is 5.76 Å². The van der Waals surface area contributed by atoms with Crippen LogP contribution in [0, 0.1) is 12.8 Å². The van der Waals surface area contributed by atoms with E-state index in [-0.39, 0.29) is 5.91 Å². The summed E-state index contributed by atoms with van der Waals surface area (Å²) < 4.78 is 5.84. The Morgan fingerprint density at radius 1 is 1.26 bits per heavy atom. The van der Waals surface area contributed by atoms with Crippen LogP contribution in [0.3, 0.4) is 0 Å². The summed E-state index contributed by atoms with van der Waals surface area (Å²) in [5, 5.41) is 3.21. The van der Waals surface area contributed by atoms with Gasteiger partial charge in [-0.2, -0.15) is 0 Å². The monoisotopic (exact) mass is 404 g/mol. The van der Waals surface area contributed by atoms with Gasteiger partial charge in [0.2, 0.25) is 11.8 Å². The summed E-state index contributed by atoms with van der Waals surface area (Å²) >= 11 is 3.31. The first-order chi connectivity index (χ1) is 13.1. The zero-order chi connectivity index (χ0) is 19.2. The van der Waals surface area contributed by atoms with E-state index >= 15 is 0 Å². The number of amides is 1. The van der Waals surface area contributed by atoms with Gasteiger partial charge in [0.15, 0.2) is 0 Å². The molecule has 0 aliphatic heterocycles. The Labute approximate surface area is 170 Å². The zero-order valence-corrected chi connectivity index (χ0v) is 17.9. The highest BCUT2D eigenvalue weighted by Crippen LogP contribution is 2.27. The average Bonchev–Trinajstić information content (AvgIpc) is 3.04. The number of carbonyl (C=O) groups is 1. The molecule has 1 aliphatic carbocycles. The van der Waals surface area contributed by atoms with Crippen molar-refractivity contribution in [2.24, 2.45) is 5.92 Å². The zero-order valence-electron chi connectivity index (χ0n) is 16.3. The molecule has 4 nitrogen and oxygen atoms in total. The molecule has 1 saturated carbocycles. The fraction of sp³-hybridized carbons (Fsp3) is 0.524. The highest BCUT2D eigenvalue weighted by Gasteiger charge is 2.22. The number of benzene rings is 1. The Kier molecular flexibility index (Phi) is 7.30. The molecule has 0 bridgehead atoms. The van der Waals surface area contributed by atoms with Crippen LogP contribution in [0.1, 0.15) is 44.1 Å². The largest absolute Gasteiger partial charge is 0.441 e. The molecule has 0 spiro atoms. The summed E-state index contributed by atoms with van der Waals surface area (Å²) in [5.41, 5.74) is 1.90. The number of aromatic nitrogens is 1. The number of nitrogens with zero attached hydrogens (tertiary/aromatic N) is 1. The van der Waals surface area contributed by atoms with Crippen molar-refractivity contribution in [3.05, 3.63) is 35.7 Å². The lowest BCUT2D eigenvalue weighted by atomic mass is 9.86. The highest BCUT2D eigenvalue weighted by atomic mass is 32.2. The predicted molar refractivity (Wildman–Crippen MR) is 114 cm³/mol. The van der Waals surface area contributed by atoms with Gasteiger partial charge in [0, 0.05) is 22.3 Å². The van der Waals surface area contributed by atoms with Crippen molar-refractivity contribution in [2.45, 2.75) is 56.2 Å². The molecule has 3 rings (SSSR count). The Hall–Kier alpha value is -1.40. The summed E-state index contributed by atoms with van der Waals surface area (Å²) in [6, 6.07) is 8.56. The number of rotatable bonds is 7. The van der Waals surface area contributed by atoms with Gasteiger partial charge in [-0.15, -0.1) is 23.5 Å². The van der Waals surface area contributed by atoms with Gasteiger partial charge in [0.25, 0.3) is 0 Å². The van der Waals surface area contributed by atoms with Gasteiger partial charge in [-0.3, -0.25) is 4.79 Å². The van der Waals surface area contributed by atoms with Crippen molar-refractivity contribution in [1.82, 2.24) is 10.3 Å². The lowest BCUT2D eigenvalue weighted by molar-refractivity contribution is -0.119. The van der Waals surface area contributed by atoms with Gasteiger partial charge in [-0.1, -0.05) is 19.8 Å². The molecule has 1 aromatic carbocycles. The van der Waals surface area contributed by atoms with E-state index in [1.807, 2.05) is 19.1 Å². The number of hydrogen-bond acceptors (Lipinski definition) is 5. The number of nitrogens with one attached hydrogen (secondary N) is 1. The van der Waals surface area contributed by atoms with Crippen molar-refractivity contribution in [1.29, 1.82) is 0 Å². The van der Waals surface area contributed by atoms with Crippen LogP contribution in [0.4, 0.5) is 0 Å². The van der Waals surface area contributed by atoms with E-state index in [0.717, 1.165) is 23.4 Å². The second-order valence-electron chi connectivity index (χ2n) is 7.18. The molecule has 1 amide bonds. The molecule has 1 aliphatic rings. The van der Waals surface area contributed by atoms with E-state index in [2.05, 4.69) is 35.6 Å². The Morgan fingerprint density at radius 2 is 2.00 bits per heavy atom. The molecular formula is C21H28N2O2S2.